The molecule has 18 rings (SSSR count). The normalized spacial score (nSPS) is 14.9. The van der Waals surface area contributed by atoms with Gasteiger partial charge in [0.1, 0.15) is 52.1 Å². The minimum absolute atomic E-state index is 0.0101. The second kappa shape index (κ2) is 35.1. The number of aryl methyl sites for hydroxylation is 6. The standard InChI is InChI=1S/C33H32FN3O3.C33H31N3O5.C33H33N3O4/c1-22(2)35-21-37(29-27-14-8-6-12-24(27)16-17-25-13-7-9-15-28(25)29)36-19-26(18-34)31(38)32(30(36)33(35)39)40-20-23-10-4-3-5-11-23;1-21(2)34-20-36(28-25-14-8-6-12-23(25)16-17-24-13-7-9-15-26(24)28)35-18-27(33(39)40)30(37)31(29(35)32(34)38)41-19-22-10-4-3-5-11-22;1-22(2)34-21-36(29-27-14-8-6-12-24(27)16-17-25-13-7-9-15-28(25)29)35-18-26(19-37)31(38)32(30(35)33(34)39)40-20-23-10-4-3-5-11-23/h3-15,19,22,29H,16-18,20-21H2,1-2H3;3-15,18,21,28H,16-17,19-20H2,1-2H3,(H,39,40);3-15,18,22,29,37H,16-17,19-21H2,1-2H3. The number of nitrogens with zero attached hydrogens (tertiary/aromatic N) is 9. The lowest BCUT2D eigenvalue weighted by Crippen LogP contribution is -2.57. The van der Waals surface area contributed by atoms with Crippen LogP contribution in [0.2, 0.25) is 0 Å². The largest absolute Gasteiger partial charge is 0.482 e. The van der Waals surface area contributed by atoms with E-state index in [1.165, 1.54) is 45.8 Å². The van der Waals surface area contributed by atoms with Gasteiger partial charge in [0.05, 0.1) is 30.3 Å². The Morgan fingerprint density at radius 1 is 0.355 bits per heavy atom. The Hall–Kier alpha value is -13.6. The SMILES string of the molecule is CC(C)N1CN(C2c3ccccc3CCc3ccccc32)n2cc(C(=O)O)c(=O)c(OCc3ccccc3)c2C1=O.CC(C)N1CN(C2c3ccccc3CCc3ccccc32)n2cc(CF)c(=O)c(OCc3ccccc3)c2C1=O.CC(C)N1CN(C2c3ccccc3CCc3ccccc32)n2cc(CO)c(=O)c(OCc3ccccc3)c2C1=O. The van der Waals surface area contributed by atoms with E-state index in [0.717, 1.165) is 88.6 Å². The van der Waals surface area contributed by atoms with Gasteiger partial charge in [-0.05, 0) is 164 Å². The van der Waals surface area contributed by atoms with E-state index in [2.05, 4.69) is 107 Å². The summed E-state index contributed by atoms with van der Waals surface area (Å²) in [6, 6.07) is 77.0. The maximum absolute atomic E-state index is 14.3. The first-order chi connectivity index (χ1) is 58.8. The van der Waals surface area contributed by atoms with Crippen molar-refractivity contribution in [2.24, 2.45) is 0 Å². The van der Waals surface area contributed by atoms with Gasteiger partial charge in [0.2, 0.25) is 16.3 Å². The van der Waals surface area contributed by atoms with Crippen molar-refractivity contribution < 1.29 is 48.0 Å². The number of rotatable bonds is 18. The fourth-order valence-corrected chi connectivity index (χ4v) is 17.5. The highest BCUT2D eigenvalue weighted by molar-refractivity contribution is 5.99. The minimum Gasteiger partial charge on any atom is -0.482 e. The van der Waals surface area contributed by atoms with E-state index in [1.807, 2.05) is 186 Å². The average Bonchev–Trinajstić information content (AvgIpc) is 1.62. The molecule has 3 aliphatic heterocycles. The highest BCUT2D eigenvalue weighted by Crippen LogP contribution is 2.44. The van der Waals surface area contributed by atoms with E-state index < -0.39 is 41.1 Å². The summed E-state index contributed by atoms with van der Waals surface area (Å²) in [5.41, 5.74) is 14.7. The molecule has 0 saturated carbocycles. The summed E-state index contributed by atoms with van der Waals surface area (Å²) in [4.78, 5) is 100. The molecule has 12 aromatic rings. The van der Waals surface area contributed by atoms with Crippen molar-refractivity contribution in [3.63, 3.8) is 0 Å². The molecule has 0 bridgehead atoms. The van der Waals surface area contributed by atoms with Crippen molar-refractivity contribution in [2.75, 3.05) is 35.0 Å². The number of carboxylic acid groups (broad SMARTS) is 1. The summed E-state index contributed by atoms with van der Waals surface area (Å²) in [6.07, 6.45) is 9.69. The lowest BCUT2D eigenvalue weighted by molar-refractivity contribution is 0.0606. The highest BCUT2D eigenvalue weighted by atomic mass is 19.1. The molecule has 0 spiro atoms. The van der Waals surface area contributed by atoms with Crippen molar-refractivity contribution in [1.82, 2.24) is 28.7 Å². The summed E-state index contributed by atoms with van der Waals surface area (Å²) in [6.45, 7) is 11.3. The number of halogens is 1. The molecule has 3 aliphatic carbocycles. The summed E-state index contributed by atoms with van der Waals surface area (Å²) in [5, 5.41) is 26.5. The summed E-state index contributed by atoms with van der Waals surface area (Å²) < 4.78 is 37.6. The Bertz CT molecular complexity index is 5710. The van der Waals surface area contributed by atoms with Crippen LogP contribution in [0.3, 0.4) is 0 Å². The van der Waals surface area contributed by atoms with Gasteiger partial charge in [0.25, 0.3) is 17.7 Å². The molecule has 3 amide bonds. The first-order valence-corrected chi connectivity index (χ1v) is 41.3. The van der Waals surface area contributed by atoms with Crippen LogP contribution in [-0.4, -0.2) is 101 Å². The fourth-order valence-electron chi connectivity index (χ4n) is 17.5. The monoisotopic (exact) mass is 1620 g/mol. The number of amides is 3. The first kappa shape index (κ1) is 81.2. The average molecular weight is 1620 g/mol. The number of aromatic nitrogens is 3. The molecule has 0 unspecified atom stereocenters. The molecule has 0 saturated heterocycles. The van der Waals surface area contributed by atoms with Gasteiger partial charge in [-0.25, -0.2) is 9.18 Å². The molecule has 22 heteroatoms. The summed E-state index contributed by atoms with van der Waals surface area (Å²) in [7, 11) is 0. The van der Waals surface area contributed by atoms with E-state index in [1.54, 1.807) is 34.9 Å². The zero-order chi connectivity index (χ0) is 84.3. The van der Waals surface area contributed by atoms with Crippen molar-refractivity contribution in [2.45, 2.75) is 149 Å². The number of carboxylic acids is 1. The Labute approximate surface area is 701 Å². The molecule has 3 aromatic heterocycles. The van der Waals surface area contributed by atoms with Gasteiger partial charge >= 0.3 is 5.97 Å². The minimum atomic E-state index is -1.38. The van der Waals surface area contributed by atoms with Crippen molar-refractivity contribution >= 4 is 23.7 Å². The quantitative estimate of drug-likeness (QED) is 0.0815. The van der Waals surface area contributed by atoms with Crippen LogP contribution in [0.25, 0.3) is 0 Å². The van der Waals surface area contributed by atoms with E-state index >= 15 is 0 Å². The zero-order valence-corrected chi connectivity index (χ0v) is 68.5. The first-order valence-electron chi connectivity index (χ1n) is 41.3. The predicted molar refractivity (Wildman–Crippen MR) is 462 cm³/mol. The van der Waals surface area contributed by atoms with Crippen molar-refractivity contribution in [3.8, 4) is 17.2 Å². The molecule has 9 aromatic carbocycles. The molecule has 616 valence electrons. The predicted octanol–water partition coefficient (Wildman–Crippen LogP) is 14.9. The molecule has 0 atom stereocenters. The Balaban J connectivity index is 0.000000135. The van der Waals surface area contributed by atoms with Gasteiger partial charge in [-0.2, -0.15) is 0 Å². The number of alkyl halides is 1. The second-order valence-electron chi connectivity index (χ2n) is 32.1. The van der Waals surface area contributed by atoms with Gasteiger partial charge in [-0.15, -0.1) is 0 Å². The summed E-state index contributed by atoms with van der Waals surface area (Å²) >= 11 is 0. The van der Waals surface area contributed by atoms with Gasteiger partial charge in [-0.3, -0.25) is 57.8 Å². The number of fused-ring (bicyclic) bond motifs is 9. The third kappa shape index (κ3) is 15.9. The van der Waals surface area contributed by atoms with E-state index in [0.29, 0.717) is 6.67 Å². The fraction of sp³-hybridized carbons (Fsp3) is 0.263. The topological polar surface area (TPSA) is 222 Å². The number of carbonyl (C=O) groups is 4. The van der Waals surface area contributed by atoms with Crippen LogP contribution < -0.4 is 45.5 Å². The number of aliphatic hydroxyl groups is 1. The number of benzene rings is 9. The van der Waals surface area contributed by atoms with Gasteiger partial charge < -0.3 is 39.1 Å². The maximum atomic E-state index is 14.3. The molecule has 21 nitrogen and oxygen atoms in total. The highest BCUT2D eigenvalue weighted by Gasteiger charge is 2.45. The van der Waals surface area contributed by atoms with Crippen molar-refractivity contribution in [3.05, 3.63) is 403 Å². The lowest BCUT2D eigenvalue weighted by Gasteiger charge is -2.46. The molecule has 2 N–H and O–H groups in total. The molecule has 0 fully saturated rings. The van der Waals surface area contributed by atoms with Gasteiger partial charge in [-0.1, -0.05) is 237 Å². The Morgan fingerprint density at radius 2 is 0.603 bits per heavy atom. The molecule has 6 aliphatic rings. The molecule has 0 radical (unpaired) electrons. The van der Waals surface area contributed by atoms with E-state index in [9.17, 15) is 48.2 Å². The summed E-state index contributed by atoms with van der Waals surface area (Å²) in [5.74, 6) is -2.76. The number of aliphatic hydroxyl groups excluding tert-OH is 1. The maximum Gasteiger partial charge on any atom is 0.341 e. The molecular formula is C99H96FN9O12. The van der Waals surface area contributed by atoms with Gasteiger partial charge in [0, 0.05) is 42.3 Å². The van der Waals surface area contributed by atoms with Crippen LogP contribution in [0.1, 0.15) is 196 Å². The number of hydrogen-bond acceptors (Lipinski definition) is 14. The van der Waals surface area contributed by atoms with E-state index in [-0.39, 0.29) is 133 Å². The van der Waals surface area contributed by atoms with E-state index in [4.69, 9.17) is 14.2 Å². The number of ether oxygens (including phenoxy) is 3. The Kier molecular flexibility index (Phi) is 23.6. The number of aromatic carboxylic acids is 1. The second-order valence-corrected chi connectivity index (χ2v) is 32.1. The van der Waals surface area contributed by atoms with Crippen LogP contribution in [0.15, 0.2) is 270 Å². The van der Waals surface area contributed by atoms with Crippen molar-refractivity contribution in [1.29, 1.82) is 0 Å². The Morgan fingerprint density at radius 3 is 0.868 bits per heavy atom. The number of hydrogen-bond donors (Lipinski definition) is 2. The third-order valence-electron chi connectivity index (χ3n) is 23.8. The molecule has 121 heavy (non-hydrogen) atoms. The smallest absolute Gasteiger partial charge is 0.341 e. The third-order valence-corrected chi connectivity index (χ3v) is 23.8. The van der Waals surface area contributed by atoms with Crippen LogP contribution >= 0.6 is 0 Å². The molecule has 6 heterocycles. The van der Waals surface area contributed by atoms with Crippen LogP contribution in [-0.2, 0) is 71.6 Å². The van der Waals surface area contributed by atoms with Crippen LogP contribution in [0, 0.1) is 0 Å². The lowest BCUT2D eigenvalue weighted by atomic mass is 9.94. The van der Waals surface area contributed by atoms with Crippen LogP contribution in [0.4, 0.5) is 4.39 Å². The zero-order valence-electron chi connectivity index (χ0n) is 68.5. The van der Waals surface area contributed by atoms with Crippen LogP contribution in [0.5, 0.6) is 17.2 Å². The molecular weight excluding hydrogens is 1530 g/mol. The van der Waals surface area contributed by atoms with Gasteiger partial charge in [0.15, 0.2) is 34.3 Å². The number of pyridine rings is 3. The number of carbonyl (C=O) groups excluding carboxylic acids is 3.